The molecule has 0 aliphatic carbocycles. The van der Waals surface area contributed by atoms with E-state index in [2.05, 4.69) is 20.3 Å². The van der Waals surface area contributed by atoms with Crippen LogP contribution in [-0.2, 0) is 22.2 Å². The molecular weight excluding hydrogens is 455 g/mol. The van der Waals surface area contributed by atoms with Crippen molar-refractivity contribution < 1.29 is 32.1 Å². The molecule has 2 heterocycles. The summed E-state index contributed by atoms with van der Waals surface area (Å²) in [6.45, 7) is 2.29. The first kappa shape index (κ1) is 25.2. The molecule has 0 aliphatic rings. The molecule has 3 aromatic rings. The third-order valence-corrected chi connectivity index (χ3v) is 4.86. The van der Waals surface area contributed by atoms with E-state index in [9.17, 15) is 13.2 Å². The number of aromatic nitrogens is 3. The molecule has 0 radical (unpaired) electrons. The Morgan fingerprint density at radius 2 is 1.76 bits per heavy atom. The number of nitrogens with two attached hydrogens (primary N) is 1. The zero-order valence-electron chi connectivity index (χ0n) is 19.2. The number of nitrogens with zero attached hydrogens (tertiary/aromatic N) is 3. The zero-order valence-corrected chi connectivity index (χ0v) is 19.2. The minimum atomic E-state index is -4.60. The normalized spacial score (nSPS) is 12.6. The second-order valence-electron chi connectivity index (χ2n) is 7.40. The number of aryl methyl sites for hydroxylation is 1. The smallest absolute Gasteiger partial charge is 0.433 e. The van der Waals surface area contributed by atoms with E-state index in [-0.39, 0.29) is 25.1 Å². The Kier molecular flexibility index (Phi) is 7.94. The summed E-state index contributed by atoms with van der Waals surface area (Å²) in [5.74, 6) is 1.55. The van der Waals surface area contributed by atoms with Crippen LogP contribution in [0.15, 0.2) is 24.3 Å². The molecule has 184 valence electrons. The molecule has 3 N–H and O–H groups in total. The average molecular weight is 481 g/mol. The van der Waals surface area contributed by atoms with Gasteiger partial charge < -0.3 is 30.0 Å². The lowest BCUT2D eigenvalue weighted by Gasteiger charge is -2.18. The number of alkyl halides is 3. The molecule has 0 saturated carbocycles. The van der Waals surface area contributed by atoms with Gasteiger partial charge in [-0.1, -0.05) is 0 Å². The van der Waals surface area contributed by atoms with Crippen LogP contribution in [0.4, 0.5) is 24.8 Å². The third-order valence-electron chi connectivity index (χ3n) is 4.86. The SMILES string of the molecule is COCC(COc1cc2c(NCc3cc(N)nc(C(F)(F)F)c3)nc(C)nc2cc1OC)OC. The molecule has 34 heavy (non-hydrogen) atoms. The lowest BCUT2D eigenvalue weighted by atomic mass is 10.1. The number of halogens is 3. The van der Waals surface area contributed by atoms with E-state index < -0.39 is 11.9 Å². The quantitative estimate of drug-likeness (QED) is 0.448. The molecule has 9 nitrogen and oxygen atoms in total. The first-order valence-corrected chi connectivity index (χ1v) is 10.2. The number of hydrogen-bond donors (Lipinski definition) is 2. The number of methoxy groups -OCH3 is 3. The predicted octanol–water partition coefficient (Wildman–Crippen LogP) is 3.60. The van der Waals surface area contributed by atoms with Gasteiger partial charge in [-0.25, -0.2) is 15.0 Å². The fourth-order valence-electron chi connectivity index (χ4n) is 3.26. The summed E-state index contributed by atoms with van der Waals surface area (Å²) in [7, 11) is 4.63. The Bertz CT molecular complexity index is 1140. The van der Waals surface area contributed by atoms with Gasteiger partial charge in [-0.15, -0.1) is 0 Å². The van der Waals surface area contributed by atoms with Crippen LogP contribution < -0.4 is 20.5 Å². The first-order chi connectivity index (χ1) is 16.1. The highest BCUT2D eigenvalue weighted by Gasteiger charge is 2.33. The highest BCUT2D eigenvalue weighted by atomic mass is 19.4. The van der Waals surface area contributed by atoms with E-state index >= 15 is 0 Å². The van der Waals surface area contributed by atoms with Crippen LogP contribution in [0.5, 0.6) is 11.5 Å². The molecule has 3 rings (SSSR count). The largest absolute Gasteiger partial charge is 0.493 e. The third kappa shape index (κ3) is 6.14. The number of hydrogen-bond acceptors (Lipinski definition) is 9. The van der Waals surface area contributed by atoms with Gasteiger partial charge in [0.15, 0.2) is 11.5 Å². The van der Waals surface area contributed by atoms with Gasteiger partial charge in [-0.3, -0.25) is 0 Å². The number of ether oxygens (including phenoxy) is 4. The highest BCUT2D eigenvalue weighted by Crippen LogP contribution is 2.35. The van der Waals surface area contributed by atoms with Gasteiger partial charge in [0.05, 0.1) is 19.2 Å². The van der Waals surface area contributed by atoms with Crippen LogP contribution in [0, 0.1) is 6.92 Å². The van der Waals surface area contributed by atoms with Crippen LogP contribution in [0.25, 0.3) is 10.9 Å². The van der Waals surface area contributed by atoms with Gasteiger partial charge in [0.2, 0.25) is 0 Å². The Morgan fingerprint density at radius 1 is 1.00 bits per heavy atom. The molecule has 2 aromatic heterocycles. The van der Waals surface area contributed by atoms with Crippen molar-refractivity contribution in [3.8, 4) is 11.5 Å². The van der Waals surface area contributed by atoms with Crippen molar-refractivity contribution in [2.24, 2.45) is 0 Å². The van der Waals surface area contributed by atoms with E-state index in [4.69, 9.17) is 24.7 Å². The summed E-state index contributed by atoms with van der Waals surface area (Å²) in [4.78, 5) is 12.2. The van der Waals surface area contributed by atoms with Gasteiger partial charge in [-0.05, 0) is 30.7 Å². The van der Waals surface area contributed by atoms with Crippen molar-refractivity contribution in [1.82, 2.24) is 15.0 Å². The summed E-state index contributed by atoms with van der Waals surface area (Å²) >= 11 is 0. The second kappa shape index (κ2) is 10.7. The standard InChI is InChI=1S/C22H26F3N5O4/c1-12-28-16-8-17(33-4)18(34-11-14(32-3)10-31-2)7-15(16)21(29-12)27-9-13-5-19(22(23,24)25)30-20(26)6-13/h5-8,14H,9-11H2,1-4H3,(H2,26,30)(H,27,28,29). The Morgan fingerprint density at radius 3 is 2.41 bits per heavy atom. The van der Waals surface area contributed by atoms with Crippen molar-refractivity contribution in [2.45, 2.75) is 25.7 Å². The van der Waals surface area contributed by atoms with Gasteiger partial charge >= 0.3 is 6.18 Å². The summed E-state index contributed by atoms with van der Waals surface area (Å²) in [6.07, 6.45) is -4.90. The Labute approximate surface area is 194 Å². The molecular formula is C22H26F3N5O4. The Hall–Kier alpha value is -3.38. The van der Waals surface area contributed by atoms with Crippen LogP contribution in [0.1, 0.15) is 17.1 Å². The molecule has 1 atom stereocenters. The maximum absolute atomic E-state index is 13.1. The number of pyridine rings is 1. The number of fused-ring (bicyclic) bond motifs is 1. The minimum Gasteiger partial charge on any atom is -0.493 e. The maximum atomic E-state index is 13.1. The van der Waals surface area contributed by atoms with Crippen LogP contribution in [0.2, 0.25) is 0 Å². The van der Waals surface area contributed by atoms with Crippen molar-refractivity contribution in [1.29, 1.82) is 0 Å². The van der Waals surface area contributed by atoms with E-state index in [1.54, 1.807) is 33.3 Å². The van der Waals surface area contributed by atoms with Crippen molar-refractivity contribution >= 4 is 22.5 Å². The molecule has 1 unspecified atom stereocenters. The lowest BCUT2D eigenvalue weighted by molar-refractivity contribution is -0.141. The molecule has 0 aliphatic heterocycles. The number of benzene rings is 1. The monoisotopic (exact) mass is 481 g/mol. The number of nitrogen functional groups attached to an aromatic ring is 1. The Balaban J connectivity index is 1.92. The lowest BCUT2D eigenvalue weighted by Crippen LogP contribution is -2.25. The highest BCUT2D eigenvalue weighted by molar-refractivity contribution is 5.91. The van der Waals surface area contributed by atoms with Crippen molar-refractivity contribution in [2.75, 3.05) is 45.6 Å². The first-order valence-electron chi connectivity index (χ1n) is 10.2. The number of rotatable bonds is 10. The van der Waals surface area contributed by atoms with E-state index in [0.29, 0.717) is 46.2 Å². The van der Waals surface area contributed by atoms with Gasteiger partial charge in [0.25, 0.3) is 0 Å². The maximum Gasteiger partial charge on any atom is 0.433 e. The number of nitrogens with one attached hydrogen (secondary N) is 1. The average Bonchev–Trinajstić information content (AvgIpc) is 2.78. The molecule has 0 spiro atoms. The summed E-state index contributed by atoms with van der Waals surface area (Å²) < 4.78 is 61.0. The van der Waals surface area contributed by atoms with Crippen molar-refractivity contribution in [3.05, 3.63) is 41.3 Å². The molecule has 0 amide bonds. The van der Waals surface area contributed by atoms with E-state index in [1.165, 1.54) is 13.2 Å². The zero-order chi connectivity index (χ0) is 24.9. The topological polar surface area (TPSA) is 114 Å². The molecule has 0 bridgehead atoms. The summed E-state index contributed by atoms with van der Waals surface area (Å²) in [5.41, 5.74) is 5.39. The van der Waals surface area contributed by atoms with E-state index in [0.717, 1.165) is 6.07 Å². The molecule has 0 fully saturated rings. The molecule has 12 heteroatoms. The predicted molar refractivity (Wildman–Crippen MR) is 120 cm³/mol. The summed E-state index contributed by atoms with van der Waals surface area (Å²) in [5, 5.41) is 3.67. The van der Waals surface area contributed by atoms with Gasteiger partial charge in [0.1, 0.15) is 35.9 Å². The minimum absolute atomic E-state index is 0.0309. The molecule has 1 aromatic carbocycles. The van der Waals surface area contributed by atoms with Crippen LogP contribution in [0.3, 0.4) is 0 Å². The molecule has 0 saturated heterocycles. The van der Waals surface area contributed by atoms with Gasteiger partial charge in [0, 0.05) is 32.2 Å². The van der Waals surface area contributed by atoms with Crippen LogP contribution >= 0.6 is 0 Å². The number of anilines is 2. The fraction of sp³-hybridized carbons (Fsp3) is 0.409. The van der Waals surface area contributed by atoms with Crippen molar-refractivity contribution in [3.63, 3.8) is 0 Å². The van der Waals surface area contributed by atoms with Crippen LogP contribution in [-0.4, -0.2) is 55.6 Å². The van der Waals surface area contributed by atoms with E-state index in [1.807, 2.05) is 0 Å². The fourth-order valence-corrected chi connectivity index (χ4v) is 3.26. The second-order valence-corrected chi connectivity index (χ2v) is 7.40. The summed E-state index contributed by atoms with van der Waals surface area (Å²) in [6, 6.07) is 5.72. The van der Waals surface area contributed by atoms with Gasteiger partial charge in [-0.2, -0.15) is 13.2 Å².